The molecule has 0 radical (unpaired) electrons. The van der Waals surface area contributed by atoms with Gasteiger partial charge >= 0.3 is 11.9 Å². The summed E-state index contributed by atoms with van der Waals surface area (Å²) in [6, 6.07) is 6.51. The van der Waals surface area contributed by atoms with Crippen molar-refractivity contribution in [2.24, 2.45) is 5.41 Å². The van der Waals surface area contributed by atoms with E-state index in [-0.39, 0.29) is 26.0 Å². The van der Waals surface area contributed by atoms with E-state index in [1.54, 1.807) is 31.2 Å². The molecule has 1 aromatic rings. The Hall–Kier alpha value is -2.70. The second-order valence-electron chi connectivity index (χ2n) is 5.77. The van der Waals surface area contributed by atoms with Gasteiger partial charge in [-0.15, -0.1) is 0 Å². The highest BCUT2D eigenvalue weighted by Gasteiger charge is 2.43. The first-order valence-corrected chi connectivity index (χ1v) is 7.68. The molecule has 0 spiro atoms. The number of carboxylic acids is 1. The average molecular weight is 333 g/mol. The van der Waals surface area contributed by atoms with Crippen molar-refractivity contribution in [1.29, 1.82) is 0 Å². The van der Waals surface area contributed by atoms with Gasteiger partial charge in [-0.2, -0.15) is 0 Å². The van der Waals surface area contributed by atoms with Crippen LogP contribution in [0.25, 0.3) is 0 Å². The van der Waals surface area contributed by atoms with Crippen molar-refractivity contribution in [3.05, 3.63) is 35.4 Å². The molecule has 1 N–H and O–H groups in total. The van der Waals surface area contributed by atoms with Crippen LogP contribution in [0.2, 0.25) is 0 Å². The lowest BCUT2D eigenvalue weighted by Gasteiger charge is -2.23. The maximum Gasteiger partial charge on any atom is 0.323 e. The van der Waals surface area contributed by atoms with Gasteiger partial charge in [0, 0.05) is 6.54 Å². The molecule has 0 aliphatic carbocycles. The minimum Gasteiger partial charge on any atom is -0.480 e. The zero-order chi connectivity index (χ0) is 17.9. The summed E-state index contributed by atoms with van der Waals surface area (Å²) in [6.45, 7) is 3.02. The number of carbonyl (C=O) groups excluding carboxylic acids is 3. The fourth-order valence-electron chi connectivity index (χ4n) is 2.62. The molecule has 1 heterocycles. The van der Waals surface area contributed by atoms with Gasteiger partial charge in [0.2, 0.25) is 0 Å². The number of amides is 2. The third-order valence-corrected chi connectivity index (χ3v) is 4.13. The van der Waals surface area contributed by atoms with Gasteiger partial charge in [-0.3, -0.25) is 24.1 Å². The molecule has 0 aromatic heterocycles. The van der Waals surface area contributed by atoms with Crippen molar-refractivity contribution in [2.75, 3.05) is 13.2 Å². The molecule has 1 aliphatic heterocycles. The quantitative estimate of drug-likeness (QED) is 0.463. The number of hydrogen-bond donors (Lipinski definition) is 1. The largest absolute Gasteiger partial charge is 0.480 e. The predicted octanol–water partition coefficient (Wildman–Crippen LogP) is 1.72. The highest BCUT2D eigenvalue weighted by molar-refractivity contribution is 6.21. The Balaban J connectivity index is 2.04. The second-order valence-corrected chi connectivity index (χ2v) is 5.77. The predicted molar refractivity (Wildman–Crippen MR) is 83.4 cm³/mol. The Labute approximate surface area is 139 Å². The van der Waals surface area contributed by atoms with E-state index in [0.29, 0.717) is 11.1 Å². The van der Waals surface area contributed by atoms with Crippen molar-refractivity contribution in [3.63, 3.8) is 0 Å². The normalized spacial score (nSPS) is 15.8. The summed E-state index contributed by atoms with van der Waals surface area (Å²) < 4.78 is 4.82. The van der Waals surface area contributed by atoms with Crippen LogP contribution in [0.15, 0.2) is 24.3 Å². The maximum atomic E-state index is 12.2. The molecular weight excluding hydrogens is 314 g/mol. The summed E-state index contributed by atoms with van der Waals surface area (Å²) in [5, 5.41) is 9.32. The number of carbonyl (C=O) groups is 4. The Bertz CT molecular complexity index is 663. The average Bonchev–Trinajstić information content (AvgIpc) is 2.80. The van der Waals surface area contributed by atoms with Crippen molar-refractivity contribution < 1.29 is 29.0 Å². The molecule has 0 fully saturated rings. The Morgan fingerprint density at radius 3 is 2.17 bits per heavy atom. The van der Waals surface area contributed by atoms with Crippen molar-refractivity contribution in [3.8, 4) is 0 Å². The molecule has 7 heteroatoms. The summed E-state index contributed by atoms with van der Waals surface area (Å²) in [4.78, 5) is 48.9. The van der Waals surface area contributed by atoms with Crippen LogP contribution in [0.4, 0.5) is 0 Å². The van der Waals surface area contributed by atoms with Gasteiger partial charge in [-0.05, 0) is 38.8 Å². The van der Waals surface area contributed by atoms with Crippen LogP contribution >= 0.6 is 0 Å². The van der Waals surface area contributed by atoms with Gasteiger partial charge in [0.1, 0.15) is 0 Å². The van der Waals surface area contributed by atoms with Gasteiger partial charge in [0.25, 0.3) is 11.8 Å². The Morgan fingerprint density at radius 1 is 1.17 bits per heavy atom. The molecule has 128 valence electrons. The Kier molecular flexibility index (Phi) is 5.02. The standard InChI is InChI=1S/C17H19NO6/c1-3-24-16(23)17(2,15(21)22)9-6-10-18-13(19)11-7-4-5-8-12(11)14(18)20/h4-5,7-8H,3,6,9-10H2,1-2H3,(H,21,22). The van der Waals surface area contributed by atoms with E-state index in [0.717, 1.165) is 4.90 Å². The molecule has 0 saturated carbocycles. The number of fused-ring (bicyclic) bond motifs is 1. The first kappa shape index (κ1) is 17.7. The van der Waals surface area contributed by atoms with E-state index >= 15 is 0 Å². The number of nitrogens with zero attached hydrogens (tertiary/aromatic N) is 1. The van der Waals surface area contributed by atoms with Gasteiger partial charge in [-0.1, -0.05) is 12.1 Å². The van der Waals surface area contributed by atoms with Crippen molar-refractivity contribution >= 4 is 23.8 Å². The van der Waals surface area contributed by atoms with Crippen LogP contribution in [0.5, 0.6) is 0 Å². The summed E-state index contributed by atoms with van der Waals surface area (Å²) >= 11 is 0. The SMILES string of the molecule is CCOC(=O)C(C)(CCCN1C(=O)c2ccccc2C1=O)C(=O)O. The number of hydrogen-bond acceptors (Lipinski definition) is 5. The topological polar surface area (TPSA) is 101 Å². The number of imide groups is 1. The maximum absolute atomic E-state index is 12.2. The van der Waals surface area contributed by atoms with Crippen LogP contribution in [0.3, 0.4) is 0 Å². The molecule has 7 nitrogen and oxygen atoms in total. The molecule has 1 aromatic carbocycles. The number of benzene rings is 1. The molecule has 1 atom stereocenters. The third kappa shape index (κ3) is 3.02. The smallest absolute Gasteiger partial charge is 0.323 e. The number of ether oxygens (including phenoxy) is 1. The molecule has 2 rings (SSSR count). The summed E-state index contributed by atoms with van der Waals surface area (Å²) in [7, 11) is 0. The highest BCUT2D eigenvalue weighted by atomic mass is 16.5. The minimum atomic E-state index is -1.70. The van der Waals surface area contributed by atoms with E-state index in [1.165, 1.54) is 6.92 Å². The lowest BCUT2D eigenvalue weighted by atomic mass is 9.85. The van der Waals surface area contributed by atoms with E-state index < -0.39 is 29.2 Å². The van der Waals surface area contributed by atoms with E-state index in [1.807, 2.05) is 0 Å². The number of aliphatic carboxylic acids is 1. The van der Waals surface area contributed by atoms with Crippen LogP contribution in [-0.4, -0.2) is 46.9 Å². The molecule has 1 aliphatic rings. The number of rotatable bonds is 7. The highest BCUT2D eigenvalue weighted by Crippen LogP contribution is 2.28. The zero-order valence-corrected chi connectivity index (χ0v) is 13.6. The first-order chi connectivity index (χ1) is 11.3. The van der Waals surface area contributed by atoms with Gasteiger partial charge in [-0.25, -0.2) is 0 Å². The van der Waals surface area contributed by atoms with Crippen LogP contribution < -0.4 is 0 Å². The fraction of sp³-hybridized carbons (Fsp3) is 0.412. The van der Waals surface area contributed by atoms with Crippen molar-refractivity contribution in [2.45, 2.75) is 26.7 Å². The molecule has 1 unspecified atom stereocenters. The third-order valence-electron chi connectivity index (χ3n) is 4.13. The van der Waals surface area contributed by atoms with Crippen LogP contribution in [0.1, 0.15) is 47.4 Å². The van der Waals surface area contributed by atoms with E-state index in [4.69, 9.17) is 4.74 Å². The second kappa shape index (κ2) is 6.82. The minimum absolute atomic E-state index is 0.0332. The molecule has 0 saturated heterocycles. The monoisotopic (exact) mass is 333 g/mol. The van der Waals surface area contributed by atoms with Crippen molar-refractivity contribution in [1.82, 2.24) is 4.90 Å². The molecule has 24 heavy (non-hydrogen) atoms. The van der Waals surface area contributed by atoms with Gasteiger partial charge < -0.3 is 9.84 Å². The van der Waals surface area contributed by atoms with Gasteiger partial charge in [0.05, 0.1) is 17.7 Å². The Morgan fingerprint density at radius 2 is 1.71 bits per heavy atom. The summed E-state index contributed by atoms with van der Waals surface area (Å²) in [5.41, 5.74) is -1.02. The van der Waals surface area contributed by atoms with Crippen LogP contribution in [0, 0.1) is 5.41 Å². The number of esters is 1. The van der Waals surface area contributed by atoms with Gasteiger partial charge in [0.15, 0.2) is 5.41 Å². The van der Waals surface area contributed by atoms with Crippen LogP contribution in [-0.2, 0) is 14.3 Å². The lowest BCUT2D eigenvalue weighted by Crippen LogP contribution is -2.39. The molecule has 2 amide bonds. The van der Waals surface area contributed by atoms with E-state index in [9.17, 15) is 24.3 Å². The summed E-state index contributed by atoms with van der Waals surface area (Å²) in [5.74, 6) is -2.91. The fourth-order valence-corrected chi connectivity index (χ4v) is 2.62. The first-order valence-electron chi connectivity index (χ1n) is 7.68. The summed E-state index contributed by atoms with van der Waals surface area (Å²) in [6.07, 6.45) is 0.154. The lowest BCUT2D eigenvalue weighted by molar-refractivity contribution is -0.167. The number of carboxylic acid groups (broad SMARTS) is 1. The molecular formula is C17H19NO6. The van der Waals surface area contributed by atoms with E-state index in [2.05, 4.69) is 0 Å². The molecule has 0 bridgehead atoms. The zero-order valence-electron chi connectivity index (χ0n) is 13.6.